The van der Waals surface area contributed by atoms with Crippen LogP contribution in [0, 0.1) is 17.0 Å². The van der Waals surface area contributed by atoms with Gasteiger partial charge in [0.15, 0.2) is 5.78 Å². The van der Waals surface area contributed by atoms with Crippen LogP contribution in [0.25, 0.3) is 0 Å². The Hall–Kier alpha value is -2.69. The number of nitro benzene ring substituents is 1. The maximum absolute atomic E-state index is 11.9. The number of carbonyl (C=O) groups is 1. The second kappa shape index (κ2) is 6.17. The fraction of sp³-hybridized carbons (Fsp3) is 0.188. The lowest BCUT2D eigenvalue weighted by molar-refractivity contribution is -0.384. The van der Waals surface area contributed by atoms with Gasteiger partial charge in [-0.05, 0) is 30.7 Å². The van der Waals surface area contributed by atoms with Gasteiger partial charge in [0.2, 0.25) is 0 Å². The summed E-state index contributed by atoms with van der Waals surface area (Å²) in [7, 11) is 0. The number of carbonyl (C=O) groups excluding carboxylic acids is 1. The van der Waals surface area contributed by atoms with Crippen molar-refractivity contribution in [3.05, 3.63) is 63.7 Å². The molecular formula is C16H15NO4. The van der Waals surface area contributed by atoms with Gasteiger partial charge in [0.05, 0.1) is 16.6 Å². The molecule has 5 heteroatoms. The number of nitrogens with zero attached hydrogens (tertiary/aromatic N) is 1. The van der Waals surface area contributed by atoms with E-state index >= 15 is 0 Å². The maximum Gasteiger partial charge on any atom is 0.273 e. The van der Waals surface area contributed by atoms with Crippen LogP contribution in [0.2, 0.25) is 0 Å². The summed E-state index contributed by atoms with van der Waals surface area (Å²) in [4.78, 5) is 22.3. The molecule has 0 amide bonds. The normalized spacial score (nSPS) is 10.2. The Kier molecular flexibility index (Phi) is 4.33. The molecular weight excluding hydrogens is 270 g/mol. The zero-order valence-corrected chi connectivity index (χ0v) is 11.8. The summed E-state index contributed by atoms with van der Waals surface area (Å²) >= 11 is 0. The molecule has 0 aliphatic carbocycles. The van der Waals surface area contributed by atoms with Crippen LogP contribution in [0.1, 0.15) is 29.3 Å². The molecule has 0 fully saturated rings. The maximum atomic E-state index is 11.9. The van der Waals surface area contributed by atoms with E-state index in [0.29, 0.717) is 23.5 Å². The highest BCUT2D eigenvalue weighted by Crippen LogP contribution is 2.31. The molecule has 5 nitrogen and oxygen atoms in total. The average molecular weight is 285 g/mol. The molecule has 0 aliphatic rings. The summed E-state index contributed by atoms with van der Waals surface area (Å²) in [5.41, 5.74) is 1.19. The molecule has 0 saturated carbocycles. The van der Waals surface area contributed by atoms with Gasteiger partial charge < -0.3 is 4.74 Å². The number of nitro groups is 1. The van der Waals surface area contributed by atoms with Gasteiger partial charge in [-0.3, -0.25) is 14.9 Å². The van der Waals surface area contributed by atoms with Crippen LogP contribution >= 0.6 is 0 Å². The fourth-order valence-electron chi connectivity index (χ4n) is 1.91. The van der Waals surface area contributed by atoms with Gasteiger partial charge in [0.1, 0.15) is 11.5 Å². The van der Waals surface area contributed by atoms with Crippen molar-refractivity contribution in [3.8, 4) is 11.5 Å². The number of non-ortho nitro benzene ring substituents is 1. The van der Waals surface area contributed by atoms with Gasteiger partial charge in [0, 0.05) is 12.5 Å². The van der Waals surface area contributed by atoms with Crippen molar-refractivity contribution in [1.82, 2.24) is 0 Å². The molecule has 2 aromatic rings. The van der Waals surface area contributed by atoms with Crippen molar-refractivity contribution in [2.45, 2.75) is 20.3 Å². The lowest BCUT2D eigenvalue weighted by atomic mass is 10.1. The van der Waals surface area contributed by atoms with Crippen molar-refractivity contribution in [1.29, 1.82) is 0 Å². The molecule has 0 spiro atoms. The molecule has 2 aromatic carbocycles. The second-order valence-corrected chi connectivity index (χ2v) is 4.58. The Morgan fingerprint density at radius 1 is 1.19 bits per heavy atom. The van der Waals surface area contributed by atoms with Gasteiger partial charge in [-0.25, -0.2) is 0 Å². The highest BCUT2D eigenvalue weighted by atomic mass is 16.6. The number of ketones is 1. The Bertz CT molecular complexity index is 694. The summed E-state index contributed by atoms with van der Waals surface area (Å²) < 4.78 is 5.73. The van der Waals surface area contributed by atoms with E-state index in [0.717, 1.165) is 5.56 Å². The van der Waals surface area contributed by atoms with Crippen molar-refractivity contribution in [2.24, 2.45) is 0 Å². The Balaban J connectivity index is 2.41. The first-order chi connectivity index (χ1) is 10.0. The van der Waals surface area contributed by atoms with Crippen molar-refractivity contribution >= 4 is 11.5 Å². The molecule has 0 aliphatic heterocycles. The third kappa shape index (κ3) is 3.25. The molecule has 0 bridgehead atoms. The SMILES string of the molecule is CCC(=O)c1ccccc1Oc1cc([N+](=O)[O-])ccc1C. The molecule has 0 unspecified atom stereocenters. The van der Waals surface area contributed by atoms with Gasteiger partial charge >= 0.3 is 0 Å². The van der Waals surface area contributed by atoms with E-state index in [4.69, 9.17) is 4.74 Å². The standard InChI is InChI=1S/C16H15NO4/c1-3-14(18)13-6-4-5-7-15(13)21-16-10-12(17(19)20)9-8-11(16)2/h4-10H,3H2,1-2H3. The minimum Gasteiger partial charge on any atom is -0.456 e. The quantitative estimate of drug-likeness (QED) is 0.467. The number of hydrogen-bond acceptors (Lipinski definition) is 4. The third-order valence-corrected chi connectivity index (χ3v) is 3.11. The lowest BCUT2D eigenvalue weighted by Crippen LogP contribution is -2.00. The Labute approximate surface area is 122 Å². The molecule has 0 atom stereocenters. The largest absolute Gasteiger partial charge is 0.456 e. The second-order valence-electron chi connectivity index (χ2n) is 4.58. The first kappa shape index (κ1) is 14.7. The third-order valence-electron chi connectivity index (χ3n) is 3.11. The number of Topliss-reactive ketones (excluding diaryl/α,β-unsaturated/α-hetero) is 1. The van der Waals surface area contributed by atoms with Crippen molar-refractivity contribution < 1.29 is 14.5 Å². The van der Waals surface area contributed by atoms with E-state index in [-0.39, 0.29) is 11.5 Å². The van der Waals surface area contributed by atoms with Gasteiger partial charge in [-0.2, -0.15) is 0 Å². The zero-order valence-electron chi connectivity index (χ0n) is 11.8. The highest BCUT2D eigenvalue weighted by molar-refractivity contribution is 5.98. The number of para-hydroxylation sites is 1. The average Bonchev–Trinajstić information content (AvgIpc) is 2.49. The number of rotatable bonds is 5. The summed E-state index contributed by atoms with van der Waals surface area (Å²) in [5, 5.41) is 10.8. The molecule has 21 heavy (non-hydrogen) atoms. The van der Waals surface area contributed by atoms with Crippen LogP contribution in [0.15, 0.2) is 42.5 Å². The van der Waals surface area contributed by atoms with Crippen molar-refractivity contribution in [3.63, 3.8) is 0 Å². The number of ether oxygens (including phenoxy) is 1. The molecule has 0 radical (unpaired) electrons. The van der Waals surface area contributed by atoms with Gasteiger partial charge in [0.25, 0.3) is 5.69 Å². The summed E-state index contributed by atoms with van der Waals surface area (Å²) in [6, 6.07) is 11.3. The number of hydrogen-bond donors (Lipinski definition) is 0. The number of aryl methyl sites for hydroxylation is 1. The van der Waals surface area contributed by atoms with E-state index in [1.807, 2.05) is 0 Å². The van der Waals surface area contributed by atoms with Crippen LogP contribution in [-0.4, -0.2) is 10.7 Å². The first-order valence-electron chi connectivity index (χ1n) is 6.58. The first-order valence-corrected chi connectivity index (χ1v) is 6.58. The summed E-state index contributed by atoms with van der Waals surface area (Å²) in [6.07, 6.45) is 0.369. The fourth-order valence-corrected chi connectivity index (χ4v) is 1.91. The van der Waals surface area contributed by atoms with Gasteiger partial charge in [-0.1, -0.05) is 19.1 Å². The van der Waals surface area contributed by atoms with Crippen LogP contribution in [0.4, 0.5) is 5.69 Å². The van der Waals surface area contributed by atoms with Gasteiger partial charge in [-0.15, -0.1) is 0 Å². The molecule has 0 N–H and O–H groups in total. The molecule has 0 heterocycles. The minimum atomic E-state index is -0.477. The van der Waals surface area contributed by atoms with Crippen LogP contribution in [-0.2, 0) is 0 Å². The predicted octanol–water partition coefficient (Wildman–Crippen LogP) is 4.29. The molecule has 108 valence electrons. The van der Waals surface area contributed by atoms with E-state index in [2.05, 4.69) is 0 Å². The van der Waals surface area contributed by atoms with Crippen LogP contribution < -0.4 is 4.74 Å². The summed E-state index contributed by atoms with van der Waals surface area (Å²) in [6.45, 7) is 3.57. The van der Waals surface area contributed by atoms with E-state index in [1.54, 1.807) is 44.2 Å². The summed E-state index contributed by atoms with van der Waals surface area (Å²) in [5.74, 6) is 0.752. The molecule has 0 saturated heterocycles. The molecule has 0 aromatic heterocycles. The topological polar surface area (TPSA) is 69.4 Å². The van der Waals surface area contributed by atoms with Crippen molar-refractivity contribution in [2.75, 3.05) is 0 Å². The monoisotopic (exact) mass is 285 g/mol. The van der Waals surface area contributed by atoms with Crippen LogP contribution in [0.3, 0.4) is 0 Å². The Morgan fingerprint density at radius 2 is 1.90 bits per heavy atom. The minimum absolute atomic E-state index is 0.0336. The number of benzene rings is 2. The van der Waals surface area contributed by atoms with Crippen LogP contribution in [0.5, 0.6) is 11.5 Å². The van der Waals surface area contributed by atoms with E-state index in [1.165, 1.54) is 12.1 Å². The van der Waals surface area contributed by atoms with E-state index < -0.39 is 4.92 Å². The Morgan fingerprint density at radius 3 is 2.57 bits per heavy atom. The van der Waals surface area contributed by atoms with E-state index in [9.17, 15) is 14.9 Å². The predicted molar refractivity (Wildman–Crippen MR) is 79.0 cm³/mol. The highest BCUT2D eigenvalue weighted by Gasteiger charge is 2.14. The zero-order chi connectivity index (χ0) is 15.4. The smallest absolute Gasteiger partial charge is 0.273 e. The lowest BCUT2D eigenvalue weighted by Gasteiger charge is -2.11. The molecule has 2 rings (SSSR count).